The Kier molecular flexibility index (Phi) is 3.65. The highest BCUT2D eigenvalue weighted by atomic mass is 19.4. The van der Waals surface area contributed by atoms with Gasteiger partial charge in [-0.1, -0.05) is 13.0 Å². The molecule has 1 rings (SSSR count). The fraction of sp³-hybridized carbons (Fsp3) is 0.364. The SMILES string of the molecule is CC(Cc1ccc(O)cc1C(F)(F)F)C(=O)O. The molecule has 0 aromatic heterocycles. The van der Waals surface area contributed by atoms with Gasteiger partial charge in [-0.3, -0.25) is 4.79 Å². The Morgan fingerprint density at radius 2 is 2.00 bits per heavy atom. The van der Waals surface area contributed by atoms with Gasteiger partial charge in [0, 0.05) is 0 Å². The van der Waals surface area contributed by atoms with E-state index in [1.165, 1.54) is 6.92 Å². The summed E-state index contributed by atoms with van der Waals surface area (Å²) in [6.45, 7) is 1.33. The molecule has 0 aliphatic heterocycles. The first kappa shape index (κ1) is 13.3. The standard InChI is InChI=1S/C11H11F3O3/c1-6(10(16)17)4-7-2-3-8(15)5-9(7)11(12,13)14/h2-3,5-6,15H,4H2,1H3,(H,16,17). The summed E-state index contributed by atoms with van der Waals surface area (Å²) in [4.78, 5) is 10.6. The molecule has 6 heteroatoms. The highest BCUT2D eigenvalue weighted by Crippen LogP contribution is 2.35. The lowest BCUT2D eigenvalue weighted by atomic mass is 9.96. The van der Waals surface area contributed by atoms with E-state index in [1.807, 2.05) is 0 Å². The number of hydrogen-bond donors (Lipinski definition) is 2. The van der Waals surface area contributed by atoms with Gasteiger partial charge in [0.15, 0.2) is 0 Å². The number of phenols is 1. The van der Waals surface area contributed by atoms with E-state index in [2.05, 4.69) is 0 Å². The largest absolute Gasteiger partial charge is 0.508 e. The summed E-state index contributed by atoms with van der Waals surface area (Å²) in [6.07, 6.45) is -4.84. The van der Waals surface area contributed by atoms with Crippen LogP contribution in [0.4, 0.5) is 13.2 Å². The molecule has 0 aliphatic carbocycles. The van der Waals surface area contributed by atoms with Crippen LogP contribution in [-0.4, -0.2) is 16.2 Å². The number of rotatable bonds is 3. The summed E-state index contributed by atoms with van der Waals surface area (Å²) in [7, 11) is 0. The normalized spacial score (nSPS) is 13.4. The minimum absolute atomic E-state index is 0.134. The van der Waals surface area contributed by atoms with Crippen molar-refractivity contribution in [1.82, 2.24) is 0 Å². The summed E-state index contributed by atoms with van der Waals surface area (Å²) in [5, 5.41) is 17.7. The summed E-state index contributed by atoms with van der Waals surface area (Å²) in [5.41, 5.74) is -1.13. The van der Waals surface area contributed by atoms with Crippen molar-refractivity contribution in [3.05, 3.63) is 29.3 Å². The minimum Gasteiger partial charge on any atom is -0.508 e. The van der Waals surface area contributed by atoms with E-state index in [4.69, 9.17) is 10.2 Å². The Morgan fingerprint density at radius 1 is 1.41 bits per heavy atom. The van der Waals surface area contributed by atoms with E-state index in [9.17, 15) is 18.0 Å². The molecule has 0 aliphatic rings. The number of aromatic hydroxyl groups is 1. The van der Waals surface area contributed by atoms with Gasteiger partial charge in [-0.05, 0) is 24.1 Å². The molecule has 0 bridgehead atoms. The molecule has 0 saturated carbocycles. The predicted octanol–water partition coefficient (Wildman–Crippen LogP) is 2.67. The van der Waals surface area contributed by atoms with Gasteiger partial charge in [0.25, 0.3) is 0 Å². The second-order valence-corrected chi connectivity index (χ2v) is 3.78. The molecule has 3 nitrogen and oxygen atoms in total. The van der Waals surface area contributed by atoms with Crippen molar-refractivity contribution < 1.29 is 28.2 Å². The molecule has 0 radical (unpaired) electrons. The fourth-order valence-corrected chi connectivity index (χ4v) is 1.42. The van der Waals surface area contributed by atoms with Gasteiger partial charge in [-0.25, -0.2) is 0 Å². The molecule has 0 saturated heterocycles. The average molecular weight is 248 g/mol. The molecule has 0 heterocycles. The van der Waals surface area contributed by atoms with Crippen LogP contribution in [-0.2, 0) is 17.4 Å². The van der Waals surface area contributed by atoms with Crippen molar-refractivity contribution in [1.29, 1.82) is 0 Å². The van der Waals surface area contributed by atoms with E-state index >= 15 is 0 Å². The Labute approximate surface area is 95.5 Å². The smallest absolute Gasteiger partial charge is 0.416 e. The molecule has 0 fully saturated rings. The summed E-state index contributed by atoms with van der Waals surface area (Å²) in [5.74, 6) is -2.57. The minimum atomic E-state index is -4.60. The Hall–Kier alpha value is -1.72. The molecular formula is C11H11F3O3. The monoisotopic (exact) mass is 248 g/mol. The summed E-state index contributed by atoms with van der Waals surface area (Å²) >= 11 is 0. The zero-order valence-electron chi connectivity index (χ0n) is 8.95. The van der Waals surface area contributed by atoms with Crippen LogP contribution in [0.25, 0.3) is 0 Å². The Bertz CT molecular complexity index is 426. The van der Waals surface area contributed by atoms with Crippen molar-refractivity contribution in [2.45, 2.75) is 19.5 Å². The Morgan fingerprint density at radius 3 is 2.47 bits per heavy atom. The van der Waals surface area contributed by atoms with Crippen molar-refractivity contribution in [2.24, 2.45) is 5.92 Å². The lowest BCUT2D eigenvalue weighted by molar-refractivity contribution is -0.142. The second-order valence-electron chi connectivity index (χ2n) is 3.78. The molecule has 17 heavy (non-hydrogen) atoms. The number of carbonyl (C=O) groups is 1. The maximum Gasteiger partial charge on any atom is 0.416 e. The van der Waals surface area contributed by atoms with Crippen LogP contribution in [0.5, 0.6) is 5.75 Å². The van der Waals surface area contributed by atoms with Crippen molar-refractivity contribution in [3.63, 3.8) is 0 Å². The summed E-state index contributed by atoms with van der Waals surface area (Å²) < 4.78 is 37.9. The average Bonchev–Trinajstić information content (AvgIpc) is 2.18. The number of hydrogen-bond acceptors (Lipinski definition) is 2. The highest BCUT2D eigenvalue weighted by molar-refractivity contribution is 5.70. The van der Waals surface area contributed by atoms with Crippen LogP contribution in [0.2, 0.25) is 0 Å². The van der Waals surface area contributed by atoms with Crippen LogP contribution in [0.15, 0.2) is 18.2 Å². The molecule has 94 valence electrons. The number of benzene rings is 1. The number of phenolic OH excluding ortho intramolecular Hbond substituents is 1. The van der Waals surface area contributed by atoms with Crippen LogP contribution in [0, 0.1) is 5.92 Å². The number of halogens is 3. The molecule has 0 spiro atoms. The molecule has 0 amide bonds. The summed E-state index contributed by atoms with van der Waals surface area (Å²) in [6, 6.07) is 2.81. The second kappa shape index (κ2) is 4.65. The first-order valence-corrected chi connectivity index (χ1v) is 4.83. The van der Waals surface area contributed by atoms with E-state index in [-0.39, 0.29) is 12.0 Å². The highest BCUT2D eigenvalue weighted by Gasteiger charge is 2.34. The molecule has 2 N–H and O–H groups in total. The fourth-order valence-electron chi connectivity index (χ4n) is 1.42. The van der Waals surface area contributed by atoms with Crippen LogP contribution < -0.4 is 0 Å². The topological polar surface area (TPSA) is 57.5 Å². The third-order valence-electron chi connectivity index (χ3n) is 2.35. The predicted molar refractivity (Wildman–Crippen MR) is 53.6 cm³/mol. The molecule has 1 unspecified atom stereocenters. The first-order valence-electron chi connectivity index (χ1n) is 4.83. The van der Waals surface area contributed by atoms with Gasteiger partial charge in [0.05, 0.1) is 11.5 Å². The zero-order chi connectivity index (χ0) is 13.2. The lowest BCUT2D eigenvalue weighted by Gasteiger charge is -2.14. The first-order chi connectivity index (χ1) is 7.71. The maximum absolute atomic E-state index is 12.6. The molecule has 1 atom stereocenters. The molecular weight excluding hydrogens is 237 g/mol. The van der Waals surface area contributed by atoms with E-state index < -0.39 is 29.4 Å². The van der Waals surface area contributed by atoms with Gasteiger partial charge in [-0.2, -0.15) is 13.2 Å². The van der Waals surface area contributed by atoms with Crippen LogP contribution in [0.3, 0.4) is 0 Å². The van der Waals surface area contributed by atoms with Crippen molar-refractivity contribution in [3.8, 4) is 5.75 Å². The maximum atomic E-state index is 12.6. The van der Waals surface area contributed by atoms with Gasteiger partial charge in [0.2, 0.25) is 0 Å². The van der Waals surface area contributed by atoms with Gasteiger partial charge in [0.1, 0.15) is 5.75 Å². The molecule has 1 aromatic carbocycles. The molecule has 1 aromatic rings. The Balaban J connectivity index is 3.11. The number of aliphatic carboxylic acids is 1. The van der Waals surface area contributed by atoms with Gasteiger partial charge >= 0.3 is 12.1 Å². The van der Waals surface area contributed by atoms with E-state index in [0.717, 1.165) is 12.1 Å². The van der Waals surface area contributed by atoms with E-state index in [0.29, 0.717) is 6.07 Å². The quantitative estimate of drug-likeness (QED) is 0.864. The van der Waals surface area contributed by atoms with Crippen LogP contribution >= 0.6 is 0 Å². The van der Waals surface area contributed by atoms with Crippen molar-refractivity contribution >= 4 is 5.97 Å². The van der Waals surface area contributed by atoms with Gasteiger partial charge < -0.3 is 10.2 Å². The van der Waals surface area contributed by atoms with E-state index in [1.54, 1.807) is 0 Å². The lowest BCUT2D eigenvalue weighted by Crippen LogP contribution is -2.16. The van der Waals surface area contributed by atoms with Crippen molar-refractivity contribution in [2.75, 3.05) is 0 Å². The third-order valence-corrected chi connectivity index (χ3v) is 2.35. The number of alkyl halides is 3. The number of carboxylic acids is 1. The van der Waals surface area contributed by atoms with Gasteiger partial charge in [-0.15, -0.1) is 0 Å². The third kappa shape index (κ3) is 3.37. The van der Waals surface area contributed by atoms with Crippen LogP contribution in [0.1, 0.15) is 18.1 Å². The number of carboxylic acid groups (broad SMARTS) is 1. The zero-order valence-corrected chi connectivity index (χ0v) is 8.95.